The number of hydrogen-bond donors (Lipinski definition) is 1. The predicted octanol–water partition coefficient (Wildman–Crippen LogP) is 3.49. The first kappa shape index (κ1) is 15.5. The van der Waals surface area contributed by atoms with E-state index >= 15 is 0 Å². The molecule has 0 aromatic heterocycles. The van der Waals surface area contributed by atoms with Gasteiger partial charge >= 0.3 is 0 Å². The summed E-state index contributed by atoms with van der Waals surface area (Å²) in [5.41, 5.74) is 2.84. The van der Waals surface area contributed by atoms with E-state index in [-0.39, 0.29) is 0 Å². The normalized spacial score (nSPS) is 23.1. The lowest BCUT2D eigenvalue weighted by Crippen LogP contribution is -2.34. The van der Waals surface area contributed by atoms with Gasteiger partial charge in [0.1, 0.15) is 0 Å². The van der Waals surface area contributed by atoms with Crippen molar-refractivity contribution in [2.75, 3.05) is 26.7 Å². The Morgan fingerprint density at radius 3 is 2.40 bits per heavy atom. The molecule has 0 radical (unpaired) electrons. The van der Waals surface area contributed by atoms with E-state index in [0.717, 1.165) is 31.3 Å². The van der Waals surface area contributed by atoms with Crippen molar-refractivity contribution < 1.29 is 0 Å². The molecule has 112 valence electrons. The summed E-state index contributed by atoms with van der Waals surface area (Å²) in [5.74, 6) is 1.88. The highest BCUT2D eigenvalue weighted by Gasteiger charge is 2.33. The number of nitrogens with one attached hydrogen (secondary N) is 1. The molecule has 2 heteroatoms. The van der Waals surface area contributed by atoms with Gasteiger partial charge in [0.2, 0.25) is 0 Å². The van der Waals surface area contributed by atoms with Crippen LogP contribution in [0.2, 0.25) is 0 Å². The first-order valence-electron chi connectivity index (χ1n) is 8.14. The highest BCUT2D eigenvalue weighted by atomic mass is 15.1. The lowest BCUT2D eigenvalue weighted by Gasteiger charge is -2.25. The molecule has 1 aliphatic carbocycles. The molecule has 0 spiro atoms. The van der Waals surface area contributed by atoms with Crippen molar-refractivity contribution in [3.05, 3.63) is 35.4 Å². The van der Waals surface area contributed by atoms with E-state index in [1.54, 1.807) is 0 Å². The molecule has 1 fully saturated rings. The van der Waals surface area contributed by atoms with E-state index in [9.17, 15) is 0 Å². The average molecular weight is 274 g/mol. The third kappa shape index (κ3) is 4.32. The van der Waals surface area contributed by atoms with Gasteiger partial charge in [-0.1, -0.05) is 45.0 Å². The third-order valence-corrected chi connectivity index (χ3v) is 4.56. The summed E-state index contributed by atoms with van der Waals surface area (Å²) in [6, 6.07) is 9.56. The Morgan fingerprint density at radius 2 is 1.90 bits per heavy atom. The largest absolute Gasteiger partial charge is 0.309 e. The smallest absolute Gasteiger partial charge is 0.0449 e. The molecule has 0 amide bonds. The van der Waals surface area contributed by atoms with Gasteiger partial charge in [0, 0.05) is 19.1 Å². The van der Waals surface area contributed by atoms with Gasteiger partial charge in [0.25, 0.3) is 0 Å². The van der Waals surface area contributed by atoms with E-state index in [2.05, 4.69) is 62.3 Å². The summed E-state index contributed by atoms with van der Waals surface area (Å²) in [6.45, 7) is 10.1. The molecule has 2 rings (SSSR count). The molecule has 1 aromatic rings. The molecule has 1 N–H and O–H groups in total. The van der Waals surface area contributed by atoms with Crippen LogP contribution >= 0.6 is 0 Å². The summed E-state index contributed by atoms with van der Waals surface area (Å²) < 4.78 is 0. The fourth-order valence-corrected chi connectivity index (χ4v) is 2.96. The van der Waals surface area contributed by atoms with E-state index in [4.69, 9.17) is 0 Å². The Morgan fingerprint density at radius 1 is 1.25 bits per heavy atom. The molecule has 2 nitrogen and oxygen atoms in total. The molecular formula is C18H30N2. The second kappa shape index (κ2) is 7.24. The van der Waals surface area contributed by atoms with Gasteiger partial charge in [0.05, 0.1) is 0 Å². The molecule has 3 atom stereocenters. The molecule has 0 bridgehead atoms. The number of hydrogen-bond acceptors (Lipinski definition) is 2. The lowest BCUT2D eigenvalue weighted by molar-refractivity contribution is 0.278. The predicted molar refractivity (Wildman–Crippen MR) is 87.0 cm³/mol. The second-order valence-corrected chi connectivity index (χ2v) is 6.40. The standard InChI is InChI=1S/C18H30N2/c1-5-15-7-9-16(10-8-15)18(19-6-2)13-20(4)12-17-11-14(17)3/h7-10,14,17-19H,5-6,11-13H2,1-4H3. The summed E-state index contributed by atoms with van der Waals surface area (Å²) in [6.07, 6.45) is 2.53. The highest BCUT2D eigenvalue weighted by Crippen LogP contribution is 2.38. The monoisotopic (exact) mass is 274 g/mol. The van der Waals surface area contributed by atoms with Crippen LogP contribution in [0.3, 0.4) is 0 Å². The maximum absolute atomic E-state index is 3.63. The Kier molecular flexibility index (Phi) is 5.62. The van der Waals surface area contributed by atoms with Crippen LogP contribution in [0, 0.1) is 11.8 Å². The lowest BCUT2D eigenvalue weighted by atomic mass is 10.0. The van der Waals surface area contributed by atoms with Gasteiger partial charge in [-0.05, 0) is 49.4 Å². The topological polar surface area (TPSA) is 15.3 Å². The molecule has 1 aromatic carbocycles. The zero-order valence-corrected chi connectivity index (χ0v) is 13.5. The minimum atomic E-state index is 0.449. The third-order valence-electron chi connectivity index (χ3n) is 4.56. The molecule has 1 aliphatic rings. The van der Waals surface area contributed by atoms with Crippen molar-refractivity contribution in [1.29, 1.82) is 0 Å². The molecular weight excluding hydrogens is 244 g/mol. The molecule has 0 saturated heterocycles. The quantitative estimate of drug-likeness (QED) is 0.780. The Labute approximate surface area is 124 Å². The minimum Gasteiger partial charge on any atom is -0.309 e. The van der Waals surface area contributed by atoms with Crippen molar-refractivity contribution in [3.63, 3.8) is 0 Å². The fourth-order valence-electron chi connectivity index (χ4n) is 2.96. The van der Waals surface area contributed by atoms with Crippen LogP contribution in [0.1, 0.15) is 44.4 Å². The number of likely N-dealkylation sites (N-methyl/N-ethyl adjacent to an activating group) is 2. The first-order valence-corrected chi connectivity index (χ1v) is 8.14. The minimum absolute atomic E-state index is 0.449. The van der Waals surface area contributed by atoms with Crippen molar-refractivity contribution in [2.45, 2.75) is 39.7 Å². The van der Waals surface area contributed by atoms with Crippen LogP contribution in [0.4, 0.5) is 0 Å². The van der Waals surface area contributed by atoms with Gasteiger partial charge in [-0.15, -0.1) is 0 Å². The zero-order valence-electron chi connectivity index (χ0n) is 13.5. The van der Waals surface area contributed by atoms with Gasteiger partial charge in [-0.2, -0.15) is 0 Å². The van der Waals surface area contributed by atoms with Gasteiger partial charge in [0.15, 0.2) is 0 Å². The van der Waals surface area contributed by atoms with E-state index in [0.29, 0.717) is 6.04 Å². The van der Waals surface area contributed by atoms with Crippen molar-refractivity contribution in [2.24, 2.45) is 11.8 Å². The van der Waals surface area contributed by atoms with Crippen LogP contribution in [0.15, 0.2) is 24.3 Å². The summed E-state index contributed by atoms with van der Waals surface area (Å²) in [7, 11) is 2.26. The number of aryl methyl sites for hydroxylation is 1. The summed E-state index contributed by atoms with van der Waals surface area (Å²) in [5, 5.41) is 3.63. The number of rotatable bonds is 8. The van der Waals surface area contributed by atoms with Crippen LogP contribution in [-0.2, 0) is 6.42 Å². The Balaban J connectivity index is 1.94. The SMILES string of the molecule is CCNC(CN(C)CC1CC1C)c1ccc(CC)cc1. The van der Waals surface area contributed by atoms with Gasteiger partial charge in [-0.3, -0.25) is 0 Å². The number of nitrogens with zero attached hydrogens (tertiary/aromatic N) is 1. The highest BCUT2D eigenvalue weighted by molar-refractivity contribution is 5.25. The van der Waals surface area contributed by atoms with Crippen LogP contribution in [-0.4, -0.2) is 31.6 Å². The maximum atomic E-state index is 3.63. The van der Waals surface area contributed by atoms with Crippen molar-refractivity contribution in [1.82, 2.24) is 10.2 Å². The van der Waals surface area contributed by atoms with Crippen LogP contribution in [0.5, 0.6) is 0 Å². The summed E-state index contributed by atoms with van der Waals surface area (Å²) >= 11 is 0. The maximum Gasteiger partial charge on any atom is 0.0449 e. The molecule has 1 saturated carbocycles. The second-order valence-electron chi connectivity index (χ2n) is 6.40. The van der Waals surface area contributed by atoms with E-state index < -0.39 is 0 Å². The zero-order chi connectivity index (χ0) is 14.5. The molecule has 0 aliphatic heterocycles. The Bertz CT molecular complexity index is 398. The molecule has 3 unspecified atom stereocenters. The van der Waals surface area contributed by atoms with Crippen molar-refractivity contribution >= 4 is 0 Å². The number of benzene rings is 1. The van der Waals surface area contributed by atoms with E-state index in [1.165, 1.54) is 24.1 Å². The van der Waals surface area contributed by atoms with Gasteiger partial charge < -0.3 is 10.2 Å². The van der Waals surface area contributed by atoms with Crippen LogP contribution < -0.4 is 5.32 Å². The van der Waals surface area contributed by atoms with Crippen molar-refractivity contribution in [3.8, 4) is 0 Å². The van der Waals surface area contributed by atoms with Crippen LogP contribution in [0.25, 0.3) is 0 Å². The average Bonchev–Trinajstić information content (AvgIpc) is 3.13. The Hall–Kier alpha value is -0.860. The summed E-state index contributed by atoms with van der Waals surface area (Å²) in [4.78, 5) is 2.50. The fraction of sp³-hybridized carbons (Fsp3) is 0.667. The molecule has 20 heavy (non-hydrogen) atoms. The van der Waals surface area contributed by atoms with Gasteiger partial charge in [-0.25, -0.2) is 0 Å². The van der Waals surface area contributed by atoms with E-state index in [1.807, 2.05) is 0 Å². The molecule has 0 heterocycles. The first-order chi connectivity index (χ1) is 9.63.